The zero-order valence-electron chi connectivity index (χ0n) is 10.4. The lowest BCUT2D eigenvalue weighted by Gasteiger charge is -2.39. The quantitative estimate of drug-likeness (QED) is 0.777. The van der Waals surface area contributed by atoms with Gasteiger partial charge in [0.2, 0.25) is 0 Å². The molecule has 0 aromatic heterocycles. The highest BCUT2D eigenvalue weighted by atomic mass is 19.1. The smallest absolute Gasteiger partial charge is 0.149 e. The molecule has 2 unspecified atom stereocenters. The van der Waals surface area contributed by atoms with Crippen LogP contribution in [0.1, 0.15) is 33.1 Å². The molecule has 1 aliphatic rings. The molecule has 0 amide bonds. The van der Waals surface area contributed by atoms with Crippen LogP contribution >= 0.6 is 0 Å². The third kappa shape index (κ3) is 2.69. The van der Waals surface area contributed by atoms with E-state index in [2.05, 4.69) is 24.3 Å². The highest BCUT2D eigenvalue weighted by molar-refractivity contribution is 5.52. The molecule has 0 spiro atoms. The Morgan fingerprint density at radius 3 is 2.53 bits per heavy atom. The third-order valence-corrected chi connectivity index (χ3v) is 3.44. The van der Waals surface area contributed by atoms with E-state index in [0.29, 0.717) is 23.5 Å². The minimum atomic E-state index is -0.296. The van der Waals surface area contributed by atoms with Gasteiger partial charge in [-0.15, -0.1) is 0 Å². The van der Waals surface area contributed by atoms with Crippen molar-refractivity contribution >= 4 is 11.4 Å². The Morgan fingerprint density at radius 2 is 1.94 bits per heavy atom. The number of anilines is 2. The minimum Gasteiger partial charge on any atom is -0.399 e. The van der Waals surface area contributed by atoms with Gasteiger partial charge in [0.05, 0.1) is 5.69 Å². The lowest BCUT2D eigenvalue weighted by molar-refractivity contribution is 0.135. The van der Waals surface area contributed by atoms with E-state index < -0.39 is 0 Å². The summed E-state index contributed by atoms with van der Waals surface area (Å²) in [6.45, 7) is 4.33. The van der Waals surface area contributed by atoms with E-state index in [0.717, 1.165) is 12.8 Å². The molecule has 1 heterocycles. The first-order valence-corrected chi connectivity index (χ1v) is 6.18. The molecule has 1 fully saturated rings. The van der Waals surface area contributed by atoms with E-state index in [1.165, 1.54) is 12.5 Å². The van der Waals surface area contributed by atoms with Gasteiger partial charge in [0.25, 0.3) is 0 Å². The number of hydrogen-bond donors (Lipinski definition) is 2. The number of halogens is 1. The Kier molecular flexibility index (Phi) is 3.52. The average Bonchev–Trinajstić information content (AvgIpc) is 2.26. The Bertz CT molecular complexity index is 384. The predicted octanol–water partition coefficient (Wildman–Crippen LogP) is 3.00. The largest absolute Gasteiger partial charge is 0.399 e. The molecule has 94 valence electrons. The van der Waals surface area contributed by atoms with Crippen LogP contribution in [0.2, 0.25) is 0 Å². The fourth-order valence-corrected chi connectivity index (χ4v) is 2.40. The number of nitrogen functional groups attached to an aromatic ring is 1. The molecule has 0 radical (unpaired) electrons. The zero-order valence-corrected chi connectivity index (χ0v) is 10.4. The molecule has 0 aliphatic carbocycles. The van der Waals surface area contributed by atoms with Gasteiger partial charge >= 0.3 is 0 Å². The number of nitrogens with two attached hydrogens (primary N) is 1. The summed E-state index contributed by atoms with van der Waals surface area (Å²) < 4.78 is 13.7. The van der Waals surface area contributed by atoms with Gasteiger partial charge in [0.15, 0.2) is 0 Å². The van der Waals surface area contributed by atoms with Crippen LogP contribution in [0.25, 0.3) is 0 Å². The van der Waals surface area contributed by atoms with Crippen LogP contribution in [-0.4, -0.2) is 17.1 Å². The van der Waals surface area contributed by atoms with Crippen LogP contribution in [-0.2, 0) is 0 Å². The lowest BCUT2D eigenvalue weighted by atomic mass is 10.00. The second-order valence-corrected chi connectivity index (χ2v) is 4.89. The number of nitrogens with zero attached hydrogens (tertiary/aromatic N) is 1. The zero-order chi connectivity index (χ0) is 12.4. The Morgan fingerprint density at radius 1 is 1.29 bits per heavy atom. The maximum absolute atomic E-state index is 13.7. The molecule has 0 bridgehead atoms. The van der Waals surface area contributed by atoms with Gasteiger partial charge in [-0.25, -0.2) is 9.40 Å². The molecule has 2 atom stereocenters. The Hall–Kier alpha value is -1.29. The van der Waals surface area contributed by atoms with Crippen molar-refractivity contribution < 1.29 is 4.39 Å². The maximum atomic E-state index is 13.7. The third-order valence-electron chi connectivity index (χ3n) is 3.44. The van der Waals surface area contributed by atoms with E-state index >= 15 is 0 Å². The first kappa shape index (κ1) is 12.2. The number of nitrogens with one attached hydrogen (secondary N) is 1. The van der Waals surface area contributed by atoms with Crippen molar-refractivity contribution in [1.82, 2.24) is 5.01 Å². The van der Waals surface area contributed by atoms with E-state index in [4.69, 9.17) is 5.73 Å². The van der Waals surface area contributed by atoms with Crippen molar-refractivity contribution in [2.75, 3.05) is 11.2 Å². The molecule has 1 aliphatic heterocycles. The van der Waals surface area contributed by atoms with Gasteiger partial charge in [-0.05, 0) is 44.9 Å². The van der Waals surface area contributed by atoms with Crippen LogP contribution in [0.4, 0.5) is 15.8 Å². The number of benzene rings is 1. The number of hydrazine groups is 1. The normalized spacial score (nSPS) is 25.8. The van der Waals surface area contributed by atoms with E-state index in [-0.39, 0.29) is 5.82 Å². The van der Waals surface area contributed by atoms with E-state index in [1.54, 1.807) is 12.1 Å². The number of rotatable bonds is 2. The second kappa shape index (κ2) is 4.92. The summed E-state index contributed by atoms with van der Waals surface area (Å²) >= 11 is 0. The molecular weight excluding hydrogens is 217 g/mol. The molecule has 17 heavy (non-hydrogen) atoms. The molecule has 2 rings (SSSR count). The first-order valence-electron chi connectivity index (χ1n) is 6.18. The van der Waals surface area contributed by atoms with Gasteiger partial charge in [-0.2, -0.15) is 0 Å². The highest BCUT2D eigenvalue weighted by Gasteiger charge is 2.25. The number of piperidine rings is 1. The fourth-order valence-electron chi connectivity index (χ4n) is 2.40. The van der Waals surface area contributed by atoms with Crippen molar-refractivity contribution in [3.05, 3.63) is 24.0 Å². The Labute approximate surface area is 102 Å². The fraction of sp³-hybridized carbons (Fsp3) is 0.538. The average molecular weight is 237 g/mol. The summed E-state index contributed by atoms with van der Waals surface area (Å²) in [7, 11) is 0. The van der Waals surface area contributed by atoms with Crippen LogP contribution < -0.4 is 11.2 Å². The van der Waals surface area contributed by atoms with Gasteiger partial charge in [0, 0.05) is 17.8 Å². The molecule has 1 aromatic carbocycles. The van der Waals surface area contributed by atoms with Crippen LogP contribution in [0.5, 0.6) is 0 Å². The molecule has 1 aromatic rings. The molecule has 1 saturated heterocycles. The molecular formula is C13H20FN3. The monoisotopic (exact) mass is 237 g/mol. The van der Waals surface area contributed by atoms with Crippen LogP contribution in [0.3, 0.4) is 0 Å². The summed E-state index contributed by atoms with van der Waals surface area (Å²) in [5.74, 6) is -0.296. The lowest BCUT2D eigenvalue weighted by Crippen LogP contribution is -2.47. The van der Waals surface area contributed by atoms with Crippen molar-refractivity contribution in [2.24, 2.45) is 0 Å². The van der Waals surface area contributed by atoms with Crippen molar-refractivity contribution in [3.8, 4) is 0 Å². The summed E-state index contributed by atoms with van der Waals surface area (Å²) in [6, 6.07) is 5.61. The van der Waals surface area contributed by atoms with Crippen LogP contribution in [0.15, 0.2) is 18.2 Å². The summed E-state index contributed by atoms with van der Waals surface area (Å²) in [5, 5.41) is 2.14. The summed E-state index contributed by atoms with van der Waals surface area (Å²) in [5.41, 5.74) is 9.66. The standard InChI is InChI=1S/C13H20FN3/c1-9-4-3-5-10(2)17(9)16-13-7-6-11(15)8-12(13)14/h6-10,16H,3-5,15H2,1-2H3. The highest BCUT2D eigenvalue weighted by Crippen LogP contribution is 2.25. The van der Waals surface area contributed by atoms with Gasteiger partial charge in [-0.3, -0.25) is 0 Å². The van der Waals surface area contributed by atoms with Crippen molar-refractivity contribution in [1.29, 1.82) is 0 Å². The van der Waals surface area contributed by atoms with Crippen molar-refractivity contribution in [3.63, 3.8) is 0 Å². The Balaban J connectivity index is 2.13. The van der Waals surface area contributed by atoms with Gasteiger partial charge in [-0.1, -0.05) is 6.42 Å². The minimum absolute atomic E-state index is 0.296. The molecule has 0 saturated carbocycles. The van der Waals surface area contributed by atoms with E-state index in [1.807, 2.05) is 0 Å². The molecule has 3 N–H and O–H groups in total. The second-order valence-electron chi connectivity index (χ2n) is 4.89. The summed E-state index contributed by atoms with van der Waals surface area (Å²) in [6.07, 6.45) is 3.53. The van der Waals surface area contributed by atoms with Gasteiger partial charge in [0.1, 0.15) is 5.82 Å². The topological polar surface area (TPSA) is 41.3 Å². The SMILES string of the molecule is CC1CCCC(C)N1Nc1ccc(N)cc1F. The predicted molar refractivity (Wildman–Crippen MR) is 69.0 cm³/mol. The molecule has 4 heteroatoms. The van der Waals surface area contributed by atoms with Crippen molar-refractivity contribution in [2.45, 2.75) is 45.2 Å². The van der Waals surface area contributed by atoms with Gasteiger partial charge < -0.3 is 11.2 Å². The molecule has 3 nitrogen and oxygen atoms in total. The first-order chi connectivity index (χ1) is 8.08. The summed E-state index contributed by atoms with van der Waals surface area (Å²) in [4.78, 5) is 0. The number of hydrogen-bond acceptors (Lipinski definition) is 3. The maximum Gasteiger partial charge on any atom is 0.149 e. The van der Waals surface area contributed by atoms with E-state index in [9.17, 15) is 4.39 Å². The van der Waals surface area contributed by atoms with Crippen LogP contribution in [0, 0.1) is 5.82 Å².